The van der Waals surface area contributed by atoms with Crippen molar-refractivity contribution in [1.82, 2.24) is 20.1 Å². The predicted octanol–water partition coefficient (Wildman–Crippen LogP) is 1.65. The van der Waals surface area contributed by atoms with Gasteiger partial charge >= 0.3 is 0 Å². The predicted molar refractivity (Wildman–Crippen MR) is 93.0 cm³/mol. The van der Waals surface area contributed by atoms with Crippen molar-refractivity contribution < 1.29 is 9.53 Å². The first kappa shape index (κ1) is 16.2. The first-order valence-corrected chi connectivity index (χ1v) is 8.81. The molecule has 1 fully saturated rings. The maximum absolute atomic E-state index is 12.8. The van der Waals surface area contributed by atoms with Crippen LogP contribution in [0, 0.1) is 0 Å². The Bertz CT molecular complexity index is 745. The van der Waals surface area contributed by atoms with Gasteiger partial charge in [-0.05, 0) is 31.4 Å². The zero-order chi connectivity index (χ0) is 17.2. The van der Waals surface area contributed by atoms with Crippen molar-refractivity contribution in [2.24, 2.45) is 0 Å². The summed E-state index contributed by atoms with van der Waals surface area (Å²) in [5, 5.41) is 8.02. The molecule has 2 aromatic rings. The molecule has 4 rings (SSSR count). The SMILES string of the molecule is COCc1nc2n(n1)CCCC2NC1CCN(c2ccccc2)C1=O. The van der Waals surface area contributed by atoms with Gasteiger partial charge in [-0.15, -0.1) is 0 Å². The Labute approximate surface area is 147 Å². The number of aryl methyl sites for hydroxylation is 1. The van der Waals surface area contributed by atoms with E-state index in [1.165, 1.54) is 0 Å². The fraction of sp³-hybridized carbons (Fsp3) is 0.500. The van der Waals surface area contributed by atoms with Gasteiger partial charge in [0.05, 0.1) is 12.1 Å². The molecule has 2 unspecified atom stereocenters. The van der Waals surface area contributed by atoms with Crippen LogP contribution in [0.2, 0.25) is 0 Å². The molecular weight excluding hydrogens is 318 g/mol. The van der Waals surface area contributed by atoms with Gasteiger partial charge in [-0.25, -0.2) is 9.67 Å². The number of methoxy groups -OCH3 is 1. The second-order valence-corrected chi connectivity index (χ2v) is 6.57. The third kappa shape index (κ3) is 3.17. The average molecular weight is 341 g/mol. The van der Waals surface area contributed by atoms with Gasteiger partial charge in [-0.3, -0.25) is 10.1 Å². The van der Waals surface area contributed by atoms with Crippen LogP contribution in [-0.2, 0) is 22.7 Å². The highest BCUT2D eigenvalue weighted by molar-refractivity contribution is 5.99. The summed E-state index contributed by atoms with van der Waals surface area (Å²) in [6, 6.07) is 9.75. The van der Waals surface area contributed by atoms with Crippen molar-refractivity contribution in [3.63, 3.8) is 0 Å². The summed E-state index contributed by atoms with van der Waals surface area (Å²) in [6.45, 7) is 2.03. The standard InChI is InChI=1S/C18H23N5O2/c1-25-12-16-20-17-14(8-5-10-23(17)21-16)19-15-9-11-22(18(15)24)13-6-3-2-4-7-13/h2-4,6-7,14-15,19H,5,8-12H2,1H3. The molecule has 0 aliphatic carbocycles. The van der Waals surface area contributed by atoms with E-state index in [4.69, 9.17) is 4.74 Å². The molecule has 1 aromatic heterocycles. The molecule has 1 aromatic carbocycles. The van der Waals surface area contributed by atoms with Gasteiger partial charge in [-0.2, -0.15) is 5.10 Å². The quantitative estimate of drug-likeness (QED) is 0.895. The number of hydrogen-bond donors (Lipinski definition) is 1. The van der Waals surface area contributed by atoms with E-state index < -0.39 is 0 Å². The lowest BCUT2D eigenvalue weighted by atomic mass is 10.1. The van der Waals surface area contributed by atoms with Crippen LogP contribution < -0.4 is 10.2 Å². The number of carbonyl (C=O) groups is 1. The van der Waals surface area contributed by atoms with Gasteiger partial charge in [-0.1, -0.05) is 18.2 Å². The highest BCUT2D eigenvalue weighted by Crippen LogP contribution is 2.27. The third-order valence-electron chi connectivity index (χ3n) is 4.87. The maximum atomic E-state index is 12.8. The summed E-state index contributed by atoms with van der Waals surface area (Å²) in [4.78, 5) is 19.3. The molecule has 2 aliphatic rings. The zero-order valence-corrected chi connectivity index (χ0v) is 14.4. The minimum atomic E-state index is -0.167. The Hall–Kier alpha value is -2.25. The van der Waals surface area contributed by atoms with E-state index in [1.54, 1.807) is 7.11 Å². The van der Waals surface area contributed by atoms with E-state index in [1.807, 2.05) is 39.9 Å². The van der Waals surface area contributed by atoms with Crippen LogP contribution in [0.25, 0.3) is 0 Å². The molecule has 2 aliphatic heterocycles. The molecule has 1 amide bonds. The Morgan fingerprint density at radius 2 is 2.04 bits per heavy atom. The minimum absolute atomic E-state index is 0.0662. The summed E-state index contributed by atoms with van der Waals surface area (Å²) >= 11 is 0. The molecule has 7 nitrogen and oxygen atoms in total. The fourth-order valence-corrected chi connectivity index (χ4v) is 3.69. The normalized spacial score (nSPS) is 23.1. The maximum Gasteiger partial charge on any atom is 0.244 e. The smallest absolute Gasteiger partial charge is 0.244 e. The van der Waals surface area contributed by atoms with Crippen molar-refractivity contribution in [3.05, 3.63) is 42.0 Å². The molecule has 132 valence electrons. The number of aromatic nitrogens is 3. The van der Waals surface area contributed by atoms with Gasteiger partial charge in [0.15, 0.2) is 5.82 Å². The average Bonchev–Trinajstić information content (AvgIpc) is 3.20. The molecule has 0 saturated carbocycles. The number of ether oxygens (including phenoxy) is 1. The fourth-order valence-electron chi connectivity index (χ4n) is 3.69. The topological polar surface area (TPSA) is 72.3 Å². The highest BCUT2D eigenvalue weighted by atomic mass is 16.5. The van der Waals surface area contributed by atoms with E-state index in [9.17, 15) is 4.79 Å². The van der Waals surface area contributed by atoms with Crippen LogP contribution in [0.1, 0.15) is 37.0 Å². The van der Waals surface area contributed by atoms with Gasteiger partial charge in [0.1, 0.15) is 12.4 Å². The van der Waals surface area contributed by atoms with Gasteiger partial charge < -0.3 is 9.64 Å². The van der Waals surface area contributed by atoms with Crippen molar-refractivity contribution in [2.75, 3.05) is 18.6 Å². The van der Waals surface area contributed by atoms with Crippen LogP contribution in [-0.4, -0.2) is 40.4 Å². The second-order valence-electron chi connectivity index (χ2n) is 6.57. The monoisotopic (exact) mass is 341 g/mol. The molecule has 0 bridgehead atoms. The van der Waals surface area contributed by atoms with Crippen molar-refractivity contribution in [1.29, 1.82) is 0 Å². The molecule has 1 saturated heterocycles. The number of nitrogens with one attached hydrogen (secondary N) is 1. The number of hydrogen-bond acceptors (Lipinski definition) is 5. The summed E-state index contributed by atoms with van der Waals surface area (Å²) in [7, 11) is 1.64. The zero-order valence-electron chi connectivity index (χ0n) is 14.4. The first-order valence-electron chi connectivity index (χ1n) is 8.81. The Kier molecular flexibility index (Phi) is 4.50. The molecule has 0 spiro atoms. The number of nitrogens with zero attached hydrogens (tertiary/aromatic N) is 4. The molecule has 25 heavy (non-hydrogen) atoms. The van der Waals surface area contributed by atoms with E-state index in [-0.39, 0.29) is 18.0 Å². The molecule has 7 heteroatoms. The molecule has 1 N–H and O–H groups in total. The second kappa shape index (κ2) is 6.93. The number of fused-ring (bicyclic) bond motifs is 1. The Balaban J connectivity index is 1.48. The molecule has 0 radical (unpaired) electrons. The van der Waals surface area contributed by atoms with Crippen molar-refractivity contribution in [3.8, 4) is 0 Å². The van der Waals surface area contributed by atoms with E-state index in [0.29, 0.717) is 12.4 Å². The summed E-state index contributed by atoms with van der Waals surface area (Å²) in [5.41, 5.74) is 0.964. The van der Waals surface area contributed by atoms with E-state index in [2.05, 4.69) is 15.4 Å². The van der Waals surface area contributed by atoms with E-state index >= 15 is 0 Å². The number of rotatable bonds is 5. The third-order valence-corrected chi connectivity index (χ3v) is 4.87. The van der Waals surface area contributed by atoms with Crippen LogP contribution >= 0.6 is 0 Å². The van der Waals surface area contributed by atoms with Crippen LogP contribution in [0.3, 0.4) is 0 Å². The Morgan fingerprint density at radius 3 is 2.84 bits per heavy atom. The molecule has 3 heterocycles. The van der Waals surface area contributed by atoms with Gasteiger partial charge in [0.25, 0.3) is 0 Å². The summed E-state index contributed by atoms with van der Waals surface area (Å²) in [6.07, 6.45) is 2.81. The van der Waals surface area contributed by atoms with Gasteiger partial charge in [0.2, 0.25) is 5.91 Å². The molecule has 2 atom stereocenters. The van der Waals surface area contributed by atoms with Crippen molar-refractivity contribution >= 4 is 11.6 Å². The summed E-state index contributed by atoms with van der Waals surface area (Å²) in [5.74, 6) is 1.76. The lowest BCUT2D eigenvalue weighted by molar-refractivity contribution is -0.119. The summed E-state index contributed by atoms with van der Waals surface area (Å²) < 4.78 is 7.08. The number of carbonyl (C=O) groups excluding carboxylic acids is 1. The number of amides is 1. The van der Waals surface area contributed by atoms with Crippen LogP contribution in [0.4, 0.5) is 5.69 Å². The number of anilines is 1. The van der Waals surface area contributed by atoms with Crippen LogP contribution in [0.5, 0.6) is 0 Å². The molecular formula is C18H23N5O2. The first-order chi connectivity index (χ1) is 12.3. The number of benzene rings is 1. The minimum Gasteiger partial charge on any atom is -0.377 e. The largest absolute Gasteiger partial charge is 0.377 e. The van der Waals surface area contributed by atoms with E-state index in [0.717, 1.165) is 43.9 Å². The van der Waals surface area contributed by atoms with Gasteiger partial charge in [0, 0.05) is 25.9 Å². The number of para-hydroxylation sites is 1. The lowest BCUT2D eigenvalue weighted by Crippen LogP contribution is -2.42. The highest BCUT2D eigenvalue weighted by Gasteiger charge is 2.35. The van der Waals surface area contributed by atoms with Crippen LogP contribution in [0.15, 0.2) is 30.3 Å². The van der Waals surface area contributed by atoms with Crippen molar-refractivity contribution in [2.45, 2.75) is 44.5 Å². The Morgan fingerprint density at radius 1 is 1.20 bits per heavy atom. The lowest BCUT2D eigenvalue weighted by Gasteiger charge is -2.26.